The zero-order valence-electron chi connectivity index (χ0n) is 6.14. The van der Waals surface area contributed by atoms with E-state index in [0.29, 0.717) is 5.92 Å². The van der Waals surface area contributed by atoms with Crippen LogP contribution in [0.5, 0.6) is 0 Å². The summed E-state index contributed by atoms with van der Waals surface area (Å²) in [5.74, 6) is 0.709. The van der Waals surface area contributed by atoms with Gasteiger partial charge in [-0.05, 0) is 32.0 Å². The Kier molecular flexibility index (Phi) is 5.52. The fourth-order valence-corrected chi connectivity index (χ4v) is 0.741. The maximum Gasteiger partial charge on any atom is 0.0384 e. The van der Waals surface area contributed by atoms with Crippen LogP contribution in [-0.2, 0) is 0 Å². The smallest absolute Gasteiger partial charge is 0.0384 e. The third-order valence-corrected chi connectivity index (χ3v) is 1.44. The Morgan fingerprint density at radius 1 is 1.56 bits per heavy atom. The van der Waals surface area contributed by atoms with Crippen LogP contribution in [0.15, 0.2) is 4.99 Å². The van der Waals surface area contributed by atoms with Gasteiger partial charge in [0, 0.05) is 6.54 Å². The molecule has 0 aromatic rings. The van der Waals surface area contributed by atoms with Crippen LogP contribution in [-0.4, -0.2) is 19.8 Å². The van der Waals surface area contributed by atoms with E-state index in [1.54, 1.807) is 0 Å². The van der Waals surface area contributed by atoms with Crippen LogP contribution in [0.3, 0.4) is 0 Å². The van der Waals surface area contributed by atoms with Crippen LogP contribution in [0.1, 0.15) is 19.8 Å². The van der Waals surface area contributed by atoms with Gasteiger partial charge in [0.05, 0.1) is 0 Å². The van der Waals surface area contributed by atoms with Gasteiger partial charge in [-0.3, -0.25) is 0 Å². The second-order valence-electron chi connectivity index (χ2n) is 2.42. The van der Waals surface area contributed by atoms with Gasteiger partial charge in [-0.25, -0.2) is 0 Å². The van der Waals surface area contributed by atoms with Crippen molar-refractivity contribution in [2.75, 3.05) is 13.1 Å². The summed E-state index contributed by atoms with van der Waals surface area (Å²) in [4.78, 5) is 3.77. The molecule has 0 saturated heterocycles. The maximum atomic E-state index is 5.35. The minimum Gasteiger partial charge on any atom is -0.330 e. The third-order valence-electron chi connectivity index (χ3n) is 1.44. The monoisotopic (exact) mass is 128 g/mol. The van der Waals surface area contributed by atoms with Crippen LogP contribution >= 0.6 is 0 Å². The minimum absolute atomic E-state index is 0.709. The Morgan fingerprint density at radius 3 is 2.67 bits per heavy atom. The molecule has 0 heterocycles. The van der Waals surface area contributed by atoms with E-state index in [4.69, 9.17) is 5.73 Å². The Hall–Kier alpha value is -0.370. The molecule has 1 atom stereocenters. The Balaban J connectivity index is 3.04. The predicted molar refractivity (Wildman–Crippen MR) is 41.9 cm³/mol. The first-order chi connectivity index (χ1) is 4.31. The van der Waals surface area contributed by atoms with Crippen LogP contribution in [0.4, 0.5) is 0 Å². The van der Waals surface area contributed by atoms with Crippen molar-refractivity contribution in [2.45, 2.75) is 19.8 Å². The number of rotatable bonds is 5. The summed E-state index contributed by atoms with van der Waals surface area (Å²) in [5, 5.41) is 0. The summed E-state index contributed by atoms with van der Waals surface area (Å²) < 4.78 is 0. The molecule has 0 unspecified atom stereocenters. The van der Waals surface area contributed by atoms with Gasteiger partial charge < -0.3 is 10.7 Å². The van der Waals surface area contributed by atoms with Crippen molar-refractivity contribution < 1.29 is 0 Å². The van der Waals surface area contributed by atoms with Gasteiger partial charge in [-0.2, -0.15) is 0 Å². The summed E-state index contributed by atoms with van der Waals surface area (Å²) in [6.07, 6.45) is 2.23. The molecule has 0 saturated carbocycles. The largest absolute Gasteiger partial charge is 0.330 e. The topological polar surface area (TPSA) is 38.4 Å². The molecular formula is C7H16N2. The molecule has 0 rings (SSSR count). The SMILES string of the molecule is C=NCC[C@@H](C)CCN. The lowest BCUT2D eigenvalue weighted by molar-refractivity contribution is 0.508. The first-order valence-electron chi connectivity index (χ1n) is 3.43. The van der Waals surface area contributed by atoms with E-state index in [2.05, 4.69) is 18.6 Å². The number of hydrogen-bond donors (Lipinski definition) is 1. The standard InChI is InChI=1S/C7H16N2/c1-7(3-5-8)4-6-9-2/h7H,2-6,8H2,1H3/t7-/m0/s1. The summed E-state index contributed by atoms with van der Waals surface area (Å²) >= 11 is 0. The Morgan fingerprint density at radius 2 is 2.22 bits per heavy atom. The molecule has 2 heteroatoms. The van der Waals surface area contributed by atoms with Gasteiger partial charge >= 0.3 is 0 Å². The van der Waals surface area contributed by atoms with E-state index in [-0.39, 0.29) is 0 Å². The Bertz CT molecular complexity index is 71.3. The minimum atomic E-state index is 0.709. The fourth-order valence-electron chi connectivity index (χ4n) is 0.741. The van der Waals surface area contributed by atoms with Gasteiger partial charge in [0.15, 0.2) is 0 Å². The highest BCUT2D eigenvalue weighted by Crippen LogP contribution is 2.04. The number of nitrogens with two attached hydrogens (primary N) is 1. The van der Waals surface area contributed by atoms with Crippen molar-refractivity contribution in [3.8, 4) is 0 Å². The van der Waals surface area contributed by atoms with E-state index in [9.17, 15) is 0 Å². The average Bonchev–Trinajstić information content (AvgIpc) is 1.85. The maximum absolute atomic E-state index is 5.35. The molecule has 0 radical (unpaired) electrons. The number of hydrogen-bond acceptors (Lipinski definition) is 2. The summed E-state index contributed by atoms with van der Waals surface area (Å²) in [5.41, 5.74) is 5.35. The molecular weight excluding hydrogens is 112 g/mol. The molecule has 54 valence electrons. The molecule has 0 aliphatic carbocycles. The van der Waals surface area contributed by atoms with E-state index < -0.39 is 0 Å². The molecule has 0 fully saturated rings. The van der Waals surface area contributed by atoms with Gasteiger partial charge in [-0.1, -0.05) is 6.92 Å². The van der Waals surface area contributed by atoms with Crippen LogP contribution in [0.25, 0.3) is 0 Å². The van der Waals surface area contributed by atoms with Crippen molar-refractivity contribution >= 4 is 6.72 Å². The highest BCUT2D eigenvalue weighted by molar-refractivity contribution is 5.22. The first kappa shape index (κ1) is 8.63. The van der Waals surface area contributed by atoms with Crippen LogP contribution in [0.2, 0.25) is 0 Å². The van der Waals surface area contributed by atoms with Gasteiger partial charge in [0.25, 0.3) is 0 Å². The molecule has 2 nitrogen and oxygen atoms in total. The normalized spacial score (nSPS) is 13.1. The molecule has 0 amide bonds. The lowest BCUT2D eigenvalue weighted by Crippen LogP contribution is -2.06. The highest BCUT2D eigenvalue weighted by Gasteiger charge is 1.97. The summed E-state index contributed by atoms with van der Waals surface area (Å²) in [6.45, 7) is 7.27. The van der Waals surface area contributed by atoms with E-state index in [1.165, 1.54) is 0 Å². The zero-order valence-corrected chi connectivity index (χ0v) is 6.14. The number of aliphatic imine (C=N–C) groups is 1. The van der Waals surface area contributed by atoms with E-state index in [0.717, 1.165) is 25.9 Å². The fraction of sp³-hybridized carbons (Fsp3) is 0.857. The lowest BCUT2D eigenvalue weighted by atomic mass is 10.0. The molecule has 0 aromatic carbocycles. The van der Waals surface area contributed by atoms with Crippen molar-refractivity contribution in [3.63, 3.8) is 0 Å². The summed E-state index contributed by atoms with van der Waals surface area (Å²) in [7, 11) is 0. The van der Waals surface area contributed by atoms with Crippen LogP contribution < -0.4 is 5.73 Å². The molecule has 0 aliphatic heterocycles. The quantitative estimate of drug-likeness (QED) is 0.552. The summed E-state index contributed by atoms with van der Waals surface area (Å²) in [6, 6.07) is 0. The van der Waals surface area contributed by atoms with Gasteiger partial charge in [0.1, 0.15) is 0 Å². The molecule has 0 aliphatic rings. The van der Waals surface area contributed by atoms with Crippen LogP contribution in [0, 0.1) is 5.92 Å². The molecule has 0 bridgehead atoms. The Labute approximate surface area is 57.2 Å². The van der Waals surface area contributed by atoms with E-state index >= 15 is 0 Å². The lowest BCUT2D eigenvalue weighted by Gasteiger charge is -2.05. The predicted octanol–water partition coefficient (Wildman–Crippen LogP) is 1.06. The highest BCUT2D eigenvalue weighted by atomic mass is 14.7. The molecule has 2 N–H and O–H groups in total. The van der Waals surface area contributed by atoms with Crippen molar-refractivity contribution in [1.82, 2.24) is 0 Å². The zero-order chi connectivity index (χ0) is 7.11. The second-order valence-corrected chi connectivity index (χ2v) is 2.42. The number of nitrogens with zero attached hydrogens (tertiary/aromatic N) is 1. The van der Waals surface area contributed by atoms with E-state index in [1.807, 2.05) is 0 Å². The van der Waals surface area contributed by atoms with Crippen molar-refractivity contribution in [3.05, 3.63) is 0 Å². The first-order valence-corrected chi connectivity index (χ1v) is 3.43. The molecule has 9 heavy (non-hydrogen) atoms. The van der Waals surface area contributed by atoms with Gasteiger partial charge in [-0.15, -0.1) is 0 Å². The molecule has 0 spiro atoms. The average molecular weight is 128 g/mol. The third kappa shape index (κ3) is 5.50. The van der Waals surface area contributed by atoms with Crippen molar-refractivity contribution in [2.24, 2.45) is 16.6 Å². The van der Waals surface area contributed by atoms with Crippen molar-refractivity contribution in [1.29, 1.82) is 0 Å². The molecule has 0 aromatic heterocycles. The second kappa shape index (κ2) is 5.76. The van der Waals surface area contributed by atoms with Gasteiger partial charge in [0.2, 0.25) is 0 Å².